The lowest BCUT2D eigenvalue weighted by Gasteiger charge is -1.97. The number of hydrogen-bond donors (Lipinski definition) is 2. The van der Waals surface area contributed by atoms with Crippen molar-refractivity contribution < 1.29 is 5.11 Å². The molecule has 2 aromatic heterocycles. The van der Waals surface area contributed by atoms with E-state index in [4.69, 9.17) is 0 Å². The number of azo groups is 1. The summed E-state index contributed by atoms with van der Waals surface area (Å²) in [5, 5.41) is 25.4. The van der Waals surface area contributed by atoms with Gasteiger partial charge in [0, 0.05) is 5.69 Å². The van der Waals surface area contributed by atoms with Crippen molar-refractivity contribution in [3.05, 3.63) is 41.6 Å². The van der Waals surface area contributed by atoms with Crippen LogP contribution in [0.25, 0.3) is 11.0 Å². The summed E-state index contributed by atoms with van der Waals surface area (Å²) in [4.78, 5) is 4.35. The number of pyridine rings is 1. The Morgan fingerprint density at radius 3 is 2.60 bits per heavy atom. The molecule has 0 atom stereocenters. The van der Waals surface area contributed by atoms with Crippen molar-refractivity contribution in [2.75, 3.05) is 0 Å². The molecule has 0 aliphatic heterocycles. The lowest BCUT2D eigenvalue weighted by molar-refractivity contribution is 0.475. The topological polar surface area (TPSA) is 86.5 Å². The number of hydrogen-bond acceptors (Lipinski definition) is 5. The van der Waals surface area contributed by atoms with Gasteiger partial charge < -0.3 is 5.11 Å². The third-order valence-corrected chi connectivity index (χ3v) is 2.95. The van der Waals surface area contributed by atoms with Crippen LogP contribution in [-0.4, -0.2) is 20.3 Å². The number of phenolic OH excluding ortho intramolecular Hbond substituents is 1. The molecular formula is C14H13N5O. The fraction of sp³-hybridized carbons (Fsp3) is 0.143. The third kappa shape index (κ3) is 2.23. The van der Waals surface area contributed by atoms with Crippen LogP contribution in [0.4, 0.5) is 11.5 Å². The molecule has 0 aliphatic rings. The summed E-state index contributed by atoms with van der Waals surface area (Å²) in [6, 6.07) is 8.49. The SMILES string of the molecule is Cc1cc(C)c2c(N=Nc3ccc(O)cc3)[nH]nc2n1. The molecule has 20 heavy (non-hydrogen) atoms. The Labute approximate surface area is 115 Å². The van der Waals surface area contributed by atoms with Crippen LogP contribution in [0, 0.1) is 13.8 Å². The second-order valence-electron chi connectivity index (χ2n) is 4.57. The molecule has 0 bridgehead atoms. The van der Waals surface area contributed by atoms with Crippen LogP contribution in [0.5, 0.6) is 5.75 Å². The monoisotopic (exact) mass is 267 g/mol. The van der Waals surface area contributed by atoms with E-state index >= 15 is 0 Å². The molecule has 2 N–H and O–H groups in total. The summed E-state index contributed by atoms with van der Waals surface area (Å²) in [5.41, 5.74) is 3.27. The van der Waals surface area contributed by atoms with Crippen LogP contribution in [-0.2, 0) is 0 Å². The van der Waals surface area contributed by atoms with Crippen molar-refractivity contribution in [1.82, 2.24) is 15.2 Å². The van der Waals surface area contributed by atoms with E-state index in [2.05, 4.69) is 25.4 Å². The Kier molecular flexibility index (Phi) is 2.90. The van der Waals surface area contributed by atoms with Crippen molar-refractivity contribution >= 4 is 22.5 Å². The first-order chi connectivity index (χ1) is 9.63. The highest BCUT2D eigenvalue weighted by molar-refractivity contribution is 5.88. The van der Waals surface area contributed by atoms with Crippen molar-refractivity contribution in [2.24, 2.45) is 10.2 Å². The van der Waals surface area contributed by atoms with Gasteiger partial charge in [-0.1, -0.05) is 0 Å². The Morgan fingerprint density at radius 1 is 1.10 bits per heavy atom. The van der Waals surface area contributed by atoms with Gasteiger partial charge in [-0.15, -0.1) is 10.2 Å². The molecular weight excluding hydrogens is 254 g/mol. The predicted octanol–water partition coefficient (Wildman–Crippen LogP) is 3.70. The molecule has 0 saturated carbocycles. The number of aromatic hydroxyl groups is 1. The Morgan fingerprint density at radius 2 is 1.85 bits per heavy atom. The fourth-order valence-corrected chi connectivity index (χ4v) is 2.05. The highest BCUT2D eigenvalue weighted by Gasteiger charge is 2.09. The molecule has 2 heterocycles. The number of aryl methyl sites for hydroxylation is 2. The third-order valence-electron chi connectivity index (χ3n) is 2.95. The van der Waals surface area contributed by atoms with E-state index in [1.807, 2.05) is 19.9 Å². The summed E-state index contributed by atoms with van der Waals surface area (Å²) < 4.78 is 0. The molecule has 0 amide bonds. The molecule has 0 spiro atoms. The van der Waals surface area contributed by atoms with Gasteiger partial charge in [0.1, 0.15) is 5.75 Å². The number of aromatic amines is 1. The number of phenols is 1. The average Bonchev–Trinajstić information content (AvgIpc) is 2.81. The molecule has 0 unspecified atom stereocenters. The van der Waals surface area contributed by atoms with Crippen molar-refractivity contribution in [3.8, 4) is 5.75 Å². The maximum atomic E-state index is 9.22. The second kappa shape index (κ2) is 4.73. The maximum Gasteiger partial charge on any atom is 0.183 e. The molecule has 100 valence electrons. The quantitative estimate of drug-likeness (QED) is 0.694. The van der Waals surface area contributed by atoms with E-state index in [0.29, 0.717) is 17.2 Å². The molecule has 1 aromatic carbocycles. The zero-order chi connectivity index (χ0) is 14.1. The summed E-state index contributed by atoms with van der Waals surface area (Å²) in [7, 11) is 0. The number of fused-ring (bicyclic) bond motifs is 1. The van der Waals surface area contributed by atoms with Gasteiger partial charge in [0.2, 0.25) is 0 Å². The Hall–Kier alpha value is -2.76. The Balaban J connectivity index is 2.01. The summed E-state index contributed by atoms with van der Waals surface area (Å²) in [6.45, 7) is 3.92. The van der Waals surface area contributed by atoms with Gasteiger partial charge in [-0.25, -0.2) is 4.98 Å². The number of nitrogens with one attached hydrogen (secondary N) is 1. The van der Waals surface area contributed by atoms with Crippen LogP contribution in [0.15, 0.2) is 40.6 Å². The van der Waals surface area contributed by atoms with Crippen LogP contribution >= 0.6 is 0 Å². The molecule has 6 nitrogen and oxygen atoms in total. The minimum absolute atomic E-state index is 0.200. The first-order valence-electron chi connectivity index (χ1n) is 6.16. The predicted molar refractivity (Wildman–Crippen MR) is 75.6 cm³/mol. The van der Waals surface area contributed by atoms with E-state index < -0.39 is 0 Å². The van der Waals surface area contributed by atoms with E-state index in [-0.39, 0.29) is 5.75 Å². The normalized spacial score (nSPS) is 11.5. The van der Waals surface area contributed by atoms with Gasteiger partial charge in [0.05, 0.1) is 11.1 Å². The van der Waals surface area contributed by atoms with Crippen LogP contribution in [0.2, 0.25) is 0 Å². The van der Waals surface area contributed by atoms with Crippen molar-refractivity contribution in [3.63, 3.8) is 0 Å². The number of nitrogens with zero attached hydrogens (tertiary/aromatic N) is 4. The molecule has 0 fully saturated rings. The number of aromatic nitrogens is 3. The highest BCUT2D eigenvalue weighted by Crippen LogP contribution is 2.27. The summed E-state index contributed by atoms with van der Waals surface area (Å²) >= 11 is 0. The summed E-state index contributed by atoms with van der Waals surface area (Å²) in [6.07, 6.45) is 0. The van der Waals surface area contributed by atoms with E-state index in [1.54, 1.807) is 24.3 Å². The lowest BCUT2D eigenvalue weighted by atomic mass is 10.2. The van der Waals surface area contributed by atoms with Crippen LogP contribution < -0.4 is 0 Å². The van der Waals surface area contributed by atoms with Crippen molar-refractivity contribution in [1.29, 1.82) is 0 Å². The maximum absolute atomic E-state index is 9.22. The van der Waals surface area contributed by atoms with Crippen LogP contribution in [0.3, 0.4) is 0 Å². The average molecular weight is 267 g/mol. The summed E-state index contributed by atoms with van der Waals surface area (Å²) in [5.74, 6) is 0.782. The van der Waals surface area contributed by atoms with E-state index in [0.717, 1.165) is 16.6 Å². The van der Waals surface area contributed by atoms with Crippen LogP contribution in [0.1, 0.15) is 11.3 Å². The molecule has 3 aromatic rings. The van der Waals surface area contributed by atoms with E-state index in [9.17, 15) is 5.11 Å². The largest absolute Gasteiger partial charge is 0.508 e. The van der Waals surface area contributed by atoms with Gasteiger partial charge in [-0.2, -0.15) is 5.10 Å². The van der Waals surface area contributed by atoms with Gasteiger partial charge >= 0.3 is 0 Å². The zero-order valence-electron chi connectivity index (χ0n) is 11.1. The van der Waals surface area contributed by atoms with Gasteiger partial charge in [0.25, 0.3) is 0 Å². The molecule has 0 radical (unpaired) electrons. The van der Waals surface area contributed by atoms with Gasteiger partial charge in [0.15, 0.2) is 11.5 Å². The minimum Gasteiger partial charge on any atom is -0.508 e. The van der Waals surface area contributed by atoms with Crippen molar-refractivity contribution in [2.45, 2.75) is 13.8 Å². The standard InChI is InChI=1S/C14H13N5O/c1-8-7-9(2)15-13-12(8)14(19-17-13)18-16-10-3-5-11(20)6-4-10/h3-7,20H,1-2H3,(H,15,17,19). The van der Waals surface area contributed by atoms with Gasteiger partial charge in [-0.05, 0) is 49.7 Å². The van der Waals surface area contributed by atoms with Gasteiger partial charge in [-0.3, -0.25) is 5.10 Å². The van der Waals surface area contributed by atoms with E-state index in [1.165, 1.54) is 0 Å². The molecule has 0 saturated heterocycles. The smallest absolute Gasteiger partial charge is 0.183 e. The number of benzene rings is 1. The lowest BCUT2D eigenvalue weighted by Crippen LogP contribution is -1.84. The zero-order valence-corrected chi connectivity index (χ0v) is 11.1. The Bertz CT molecular complexity index is 789. The highest BCUT2D eigenvalue weighted by atomic mass is 16.3. The molecule has 0 aliphatic carbocycles. The first kappa shape index (κ1) is 12.3. The second-order valence-corrected chi connectivity index (χ2v) is 4.57. The molecule has 3 rings (SSSR count). The number of H-pyrrole nitrogens is 1. The fourth-order valence-electron chi connectivity index (χ4n) is 2.05. The number of rotatable bonds is 2. The first-order valence-corrected chi connectivity index (χ1v) is 6.16. The molecule has 6 heteroatoms. The minimum atomic E-state index is 0.200.